The molecule has 2 N–H and O–H groups in total. The van der Waals surface area contributed by atoms with E-state index in [0.29, 0.717) is 5.75 Å². The minimum atomic E-state index is -0.984. The van der Waals surface area contributed by atoms with Gasteiger partial charge in [-0.3, -0.25) is 0 Å². The Hall–Kier alpha value is -2.24. The van der Waals surface area contributed by atoms with Crippen LogP contribution in [0.5, 0.6) is 5.75 Å². The first-order valence-electron chi connectivity index (χ1n) is 11.0. The SMILES string of the molecule is CC(C)(O)C#Cc1ccc(-c2ccc(O)c(C34CC5CC(CC(C5)C3)C4)c2)cc1. The standard InChI is InChI=1S/C27H30O2/c1-26(2,29)10-9-18-3-5-22(6-4-18)23-7-8-25(28)24(14-23)27-15-19-11-20(16-27)13-21(12-19)17-27/h3-8,14,19-21,28-29H,11-13,15-17H2,1-2H3. The summed E-state index contributed by atoms with van der Waals surface area (Å²) in [7, 11) is 0. The van der Waals surface area contributed by atoms with Gasteiger partial charge < -0.3 is 10.2 Å². The number of benzene rings is 2. The minimum Gasteiger partial charge on any atom is -0.508 e. The van der Waals surface area contributed by atoms with Crippen molar-refractivity contribution in [1.29, 1.82) is 0 Å². The number of phenols is 1. The monoisotopic (exact) mass is 386 g/mol. The van der Waals surface area contributed by atoms with E-state index in [1.165, 1.54) is 44.1 Å². The zero-order valence-electron chi connectivity index (χ0n) is 17.4. The lowest BCUT2D eigenvalue weighted by Gasteiger charge is -2.57. The van der Waals surface area contributed by atoms with E-state index in [2.05, 4.69) is 30.0 Å². The second-order valence-electron chi connectivity index (χ2n) is 10.3. The van der Waals surface area contributed by atoms with Gasteiger partial charge in [-0.25, -0.2) is 0 Å². The van der Waals surface area contributed by atoms with Crippen LogP contribution in [0.3, 0.4) is 0 Å². The van der Waals surface area contributed by atoms with Crippen LogP contribution in [0.4, 0.5) is 0 Å². The molecule has 6 rings (SSSR count). The van der Waals surface area contributed by atoms with E-state index < -0.39 is 5.60 Å². The lowest BCUT2D eigenvalue weighted by molar-refractivity contribution is -0.00611. The van der Waals surface area contributed by atoms with Crippen molar-refractivity contribution < 1.29 is 10.2 Å². The normalized spacial score (nSPS) is 30.1. The Bertz CT molecular complexity index is 947. The molecule has 2 nitrogen and oxygen atoms in total. The molecule has 0 saturated heterocycles. The maximum Gasteiger partial charge on any atom is 0.120 e. The number of aromatic hydroxyl groups is 1. The summed E-state index contributed by atoms with van der Waals surface area (Å²) in [5, 5.41) is 20.6. The van der Waals surface area contributed by atoms with Gasteiger partial charge in [0.2, 0.25) is 0 Å². The number of aliphatic hydroxyl groups is 1. The Kier molecular flexibility index (Phi) is 4.30. The highest BCUT2D eigenvalue weighted by atomic mass is 16.3. The fourth-order valence-corrected chi connectivity index (χ4v) is 6.55. The zero-order valence-corrected chi connectivity index (χ0v) is 17.4. The summed E-state index contributed by atoms with van der Waals surface area (Å²) >= 11 is 0. The first-order valence-corrected chi connectivity index (χ1v) is 11.0. The van der Waals surface area contributed by atoms with Crippen LogP contribution in [0.1, 0.15) is 63.5 Å². The average molecular weight is 387 g/mol. The molecule has 2 aromatic carbocycles. The van der Waals surface area contributed by atoms with Gasteiger partial charge in [0, 0.05) is 11.1 Å². The molecule has 0 radical (unpaired) electrons. The summed E-state index contributed by atoms with van der Waals surface area (Å²) in [6, 6.07) is 14.4. The van der Waals surface area contributed by atoms with Gasteiger partial charge >= 0.3 is 0 Å². The highest BCUT2D eigenvalue weighted by Gasteiger charge is 2.52. The molecule has 0 heterocycles. The zero-order chi connectivity index (χ0) is 20.2. The molecule has 4 bridgehead atoms. The molecule has 0 amide bonds. The van der Waals surface area contributed by atoms with Gasteiger partial charge in [0.15, 0.2) is 0 Å². The van der Waals surface area contributed by atoms with Crippen molar-refractivity contribution in [2.24, 2.45) is 17.8 Å². The van der Waals surface area contributed by atoms with Crippen molar-refractivity contribution in [3.63, 3.8) is 0 Å². The predicted molar refractivity (Wildman–Crippen MR) is 117 cm³/mol. The van der Waals surface area contributed by atoms with Gasteiger partial charge in [0.1, 0.15) is 11.4 Å². The fraction of sp³-hybridized carbons (Fsp3) is 0.481. The van der Waals surface area contributed by atoms with Crippen molar-refractivity contribution in [2.75, 3.05) is 0 Å². The summed E-state index contributed by atoms with van der Waals surface area (Å²) in [6.07, 6.45) is 7.98. The Morgan fingerprint density at radius 1 is 0.862 bits per heavy atom. The van der Waals surface area contributed by atoms with E-state index in [4.69, 9.17) is 0 Å². The summed E-state index contributed by atoms with van der Waals surface area (Å²) in [4.78, 5) is 0. The van der Waals surface area contributed by atoms with E-state index in [-0.39, 0.29) is 5.41 Å². The molecule has 4 aliphatic carbocycles. The molecule has 0 aliphatic heterocycles. The Morgan fingerprint density at radius 3 is 1.97 bits per heavy atom. The first kappa shape index (κ1) is 18.8. The molecular formula is C27H30O2. The lowest BCUT2D eigenvalue weighted by atomic mass is 9.48. The number of hydrogen-bond acceptors (Lipinski definition) is 2. The van der Waals surface area contributed by atoms with E-state index >= 15 is 0 Å². The highest BCUT2D eigenvalue weighted by Crippen LogP contribution is 2.62. The molecule has 29 heavy (non-hydrogen) atoms. The van der Waals surface area contributed by atoms with Crippen LogP contribution in [-0.4, -0.2) is 15.8 Å². The minimum absolute atomic E-state index is 0.187. The molecule has 0 aromatic heterocycles. The molecule has 4 fully saturated rings. The third-order valence-electron chi connectivity index (χ3n) is 7.34. The molecule has 2 aromatic rings. The van der Waals surface area contributed by atoms with Crippen LogP contribution in [-0.2, 0) is 5.41 Å². The smallest absolute Gasteiger partial charge is 0.120 e. The molecule has 0 atom stereocenters. The molecule has 0 unspecified atom stereocenters. The third-order valence-corrected chi connectivity index (χ3v) is 7.34. The third kappa shape index (κ3) is 3.58. The van der Waals surface area contributed by atoms with Crippen LogP contribution in [0.15, 0.2) is 42.5 Å². The Balaban J connectivity index is 1.47. The lowest BCUT2D eigenvalue weighted by Crippen LogP contribution is -2.48. The second-order valence-corrected chi connectivity index (χ2v) is 10.3. The van der Waals surface area contributed by atoms with E-state index in [9.17, 15) is 10.2 Å². The molecule has 150 valence electrons. The maximum atomic E-state index is 10.8. The predicted octanol–water partition coefficient (Wildman–Crippen LogP) is 5.65. The molecule has 4 saturated carbocycles. The van der Waals surface area contributed by atoms with Crippen molar-refractivity contribution in [1.82, 2.24) is 0 Å². The average Bonchev–Trinajstić information content (AvgIpc) is 2.65. The maximum absolute atomic E-state index is 10.8. The van der Waals surface area contributed by atoms with Gasteiger partial charge in [0.25, 0.3) is 0 Å². The number of hydrogen-bond donors (Lipinski definition) is 2. The highest BCUT2D eigenvalue weighted by molar-refractivity contribution is 5.67. The van der Waals surface area contributed by atoms with Crippen LogP contribution >= 0.6 is 0 Å². The summed E-state index contributed by atoms with van der Waals surface area (Å²) in [5.74, 6) is 8.95. The number of rotatable bonds is 2. The van der Waals surface area contributed by atoms with E-state index in [0.717, 1.165) is 34.4 Å². The van der Waals surface area contributed by atoms with Gasteiger partial charge in [-0.05, 0) is 111 Å². The largest absolute Gasteiger partial charge is 0.508 e. The fourth-order valence-electron chi connectivity index (χ4n) is 6.55. The van der Waals surface area contributed by atoms with Crippen molar-refractivity contribution >= 4 is 0 Å². The van der Waals surface area contributed by atoms with Gasteiger partial charge in [-0.1, -0.05) is 30.0 Å². The Labute approximate surface area is 174 Å². The van der Waals surface area contributed by atoms with Crippen molar-refractivity contribution in [2.45, 2.75) is 63.4 Å². The van der Waals surface area contributed by atoms with Crippen LogP contribution in [0.2, 0.25) is 0 Å². The van der Waals surface area contributed by atoms with E-state index in [1.807, 2.05) is 24.3 Å². The topological polar surface area (TPSA) is 40.5 Å². The van der Waals surface area contributed by atoms with E-state index in [1.54, 1.807) is 13.8 Å². The molecule has 0 spiro atoms. The van der Waals surface area contributed by atoms with Crippen LogP contribution < -0.4 is 0 Å². The number of phenolic OH excluding ortho intramolecular Hbond substituents is 1. The summed E-state index contributed by atoms with van der Waals surface area (Å²) in [5.41, 5.74) is 3.59. The van der Waals surface area contributed by atoms with Crippen LogP contribution in [0, 0.1) is 29.6 Å². The molecular weight excluding hydrogens is 356 g/mol. The van der Waals surface area contributed by atoms with Gasteiger partial charge in [-0.15, -0.1) is 0 Å². The summed E-state index contributed by atoms with van der Waals surface area (Å²) in [6.45, 7) is 3.38. The quantitative estimate of drug-likeness (QED) is 0.655. The van der Waals surface area contributed by atoms with Crippen molar-refractivity contribution in [3.05, 3.63) is 53.6 Å². The van der Waals surface area contributed by atoms with Crippen LogP contribution in [0.25, 0.3) is 11.1 Å². The van der Waals surface area contributed by atoms with Gasteiger partial charge in [0.05, 0.1) is 0 Å². The molecule has 2 heteroatoms. The van der Waals surface area contributed by atoms with Crippen molar-refractivity contribution in [3.8, 4) is 28.7 Å². The Morgan fingerprint density at radius 2 is 1.41 bits per heavy atom. The molecule has 4 aliphatic rings. The summed E-state index contributed by atoms with van der Waals surface area (Å²) < 4.78 is 0. The second kappa shape index (κ2) is 6.64. The first-order chi connectivity index (χ1) is 13.8. The van der Waals surface area contributed by atoms with Gasteiger partial charge in [-0.2, -0.15) is 0 Å².